The number of anilines is 2. The van der Waals surface area contributed by atoms with E-state index in [4.69, 9.17) is 15.2 Å². The lowest BCUT2D eigenvalue weighted by Crippen LogP contribution is -2.58. The number of carbonyl (C=O) groups is 2. The van der Waals surface area contributed by atoms with Crippen molar-refractivity contribution in [1.29, 1.82) is 0 Å². The molecule has 33 heavy (non-hydrogen) atoms. The molecule has 13 nitrogen and oxygen atoms in total. The summed E-state index contributed by atoms with van der Waals surface area (Å²) in [4.78, 5) is 31.5. The van der Waals surface area contributed by atoms with E-state index in [0.717, 1.165) is 0 Å². The van der Waals surface area contributed by atoms with Crippen molar-refractivity contribution in [3.8, 4) is 11.9 Å². The summed E-state index contributed by atoms with van der Waals surface area (Å²) in [5.41, 5.74) is 5.65. The third-order valence-electron chi connectivity index (χ3n) is 4.21. The maximum Gasteiger partial charge on any atom is 0.321 e. The normalized spacial score (nSPS) is 18.2. The molecular formula is C18H23N7O6S2. The molecular weight excluding hydrogens is 474 g/mol. The molecule has 2 heterocycles. The summed E-state index contributed by atoms with van der Waals surface area (Å²) in [7, 11) is -1.25. The van der Waals surface area contributed by atoms with Crippen LogP contribution in [-0.4, -0.2) is 61.8 Å². The summed E-state index contributed by atoms with van der Waals surface area (Å²) in [6.45, 7) is 0. The standard InChI is InChI=1S/C18H23N7O6S2/c1-30-16-8-13(22-17(24-16)31-2)25-33(28,29)11-5-3-10(4-6-11)20-15(27)9-32-18-21-12(19)7-14(26)23-18/h3-6,8,12,18,21H,7,9,19H2,1-2H3,(H,20,27)(H,23,26)(H,22,24,25). The van der Waals surface area contributed by atoms with Gasteiger partial charge in [0.1, 0.15) is 5.50 Å². The Morgan fingerprint density at radius 2 is 1.97 bits per heavy atom. The van der Waals surface area contributed by atoms with Crippen molar-refractivity contribution in [2.45, 2.75) is 23.0 Å². The second kappa shape index (κ2) is 10.7. The maximum absolute atomic E-state index is 12.7. The molecule has 0 bridgehead atoms. The lowest BCUT2D eigenvalue weighted by Gasteiger charge is -2.28. The zero-order valence-corrected chi connectivity index (χ0v) is 19.3. The molecule has 178 valence electrons. The number of nitrogens with one attached hydrogen (secondary N) is 4. The Morgan fingerprint density at radius 3 is 2.61 bits per heavy atom. The van der Waals surface area contributed by atoms with E-state index in [0.29, 0.717) is 5.69 Å². The molecule has 1 aromatic carbocycles. The SMILES string of the molecule is COc1cc(NS(=O)(=O)c2ccc(NC(=O)CSC3NC(=O)CC(N)N3)cc2)nc(OC)n1. The van der Waals surface area contributed by atoms with Gasteiger partial charge in [0.25, 0.3) is 10.0 Å². The van der Waals surface area contributed by atoms with Crippen molar-refractivity contribution in [2.75, 3.05) is 30.0 Å². The van der Waals surface area contributed by atoms with Gasteiger partial charge in [0.2, 0.25) is 17.7 Å². The predicted molar refractivity (Wildman–Crippen MR) is 121 cm³/mol. The highest BCUT2D eigenvalue weighted by atomic mass is 32.2. The molecule has 1 aliphatic heterocycles. The lowest BCUT2D eigenvalue weighted by molar-refractivity contribution is -0.123. The fourth-order valence-electron chi connectivity index (χ4n) is 2.71. The van der Waals surface area contributed by atoms with Crippen molar-refractivity contribution in [2.24, 2.45) is 5.73 Å². The van der Waals surface area contributed by atoms with Gasteiger partial charge in [0.05, 0.1) is 37.5 Å². The van der Waals surface area contributed by atoms with E-state index in [1.54, 1.807) is 0 Å². The molecule has 6 N–H and O–H groups in total. The minimum Gasteiger partial charge on any atom is -0.481 e. The molecule has 1 aromatic heterocycles. The maximum atomic E-state index is 12.7. The van der Waals surface area contributed by atoms with Gasteiger partial charge >= 0.3 is 6.01 Å². The molecule has 3 rings (SSSR count). The van der Waals surface area contributed by atoms with Crippen LogP contribution in [0.4, 0.5) is 11.5 Å². The number of nitrogens with zero attached hydrogens (tertiary/aromatic N) is 2. The van der Waals surface area contributed by atoms with Crippen LogP contribution in [0.2, 0.25) is 0 Å². The number of sulfonamides is 1. The largest absolute Gasteiger partial charge is 0.481 e. The Labute approximate surface area is 194 Å². The van der Waals surface area contributed by atoms with E-state index in [9.17, 15) is 18.0 Å². The first-order valence-electron chi connectivity index (χ1n) is 9.51. The third-order valence-corrected chi connectivity index (χ3v) is 6.59. The van der Waals surface area contributed by atoms with Crippen molar-refractivity contribution in [3.05, 3.63) is 30.3 Å². The van der Waals surface area contributed by atoms with Crippen LogP contribution in [0.5, 0.6) is 11.9 Å². The Bertz CT molecular complexity index is 1090. The number of hydrogen-bond acceptors (Lipinski definition) is 11. The summed E-state index contributed by atoms with van der Waals surface area (Å²) in [5.74, 6) is -0.381. The molecule has 0 spiro atoms. The highest BCUT2D eigenvalue weighted by molar-refractivity contribution is 8.00. The van der Waals surface area contributed by atoms with Crippen LogP contribution in [0, 0.1) is 0 Å². The van der Waals surface area contributed by atoms with Gasteiger partial charge in [-0.1, -0.05) is 0 Å². The van der Waals surface area contributed by atoms with Gasteiger partial charge in [0.15, 0.2) is 5.82 Å². The molecule has 15 heteroatoms. The number of thioether (sulfide) groups is 1. The Kier molecular flexibility index (Phi) is 7.91. The fraction of sp³-hybridized carbons (Fsp3) is 0.333. The van der Waals surface area contributed by atoms with Gasteiger partial charge in [-0.15, -0.1) is 11.8 Å². The minimum absolute atomic E-state index is 0.0313. The summed E-state index contributed by atoms with van der Waals surface area (Å²) >= 11 is 1.17. The zero-order chi connectivity index (χ0) is 24.0. The van der Waals surface area contributed by atoms with E-state index >= 15 is 0 Å². The predicted octanol–water partition coefficient (Wildman–Crippen LogP) is -0.356. The molecule has 0 radical (unpaired) electrons. The van der Waals surface area contributed by atoms with Crippen molar-refractivity contribution in [1.82, 2.24) is 20.6 Å². The molecule has 2 amide bonds. The average molecular weight is 498 g/mol. The lowest BCUT2D eigenvalue weighted by atomic mass is 10.3. The van der Waals surface area contributed by atoms with Gasteiger partial charge < -0.3 is 25.8 Å². The summed E-state index contributed by atoms with van der Waals surface area (Å²) in [5, 5.41) is 8.30. The first kappa shape index (κ1) is 24.5. The van der Waals surface area contributed by atoms with Crippen molar-refractivity contribution in [3.63, 3.8) is 0 Å². The molecule has 2 atom stereocenters. The number of nitrogens with two attached hydrogens (primary N) is 1. The number of rotatable bonds is 9. The van der Waals surface area contributed by atoms with Crippen LogP contribution >= 0.6 is 11.8 Å². The molecule has 0 aliphatic carbocycles. The third kappa shape index (κ3) is 6.92. The van der Waals surface area contributed by atoms with Crippen LogP contribution in [-0.2, 0) is 19.6 Å². The van der Waals surface area contributed by atoms with Crippen LogP contribution in [0.1, 0.15) is 6.42 Å². The topological polar surface area (TPSA) is 187 Å². The van der Waals surface area contributed by atoms with Crippen LogP contribution in [0.3, 0.4) is 0 Å². The average Bonchev–Trinajstić information content (AvgIpc) is 2.77. The molecule has 1 fully saturated rings. The summed E-state index contributed by atoms with van der Waals surface area (Å²) in [6, 6.07) is 6.82. The molecule has 1 saturated heterocycles. The summed E-state index contributed by atoms with van der Waals surface area (Å²) < 4.78 is 37.6. The van der Waals surface area contributed by atoms with Crippen molar-refractivity contribution >= 4 is 45.1 Å². The van der Waals surface area contributed by atoms with E-state index in [2.05, 4.69) is 30.6 Å². The smallest absolute Gasteiger partial charge is 0.321 e. The number of methoxy groups -OCH3 is 2. The second-order valence-electron chi connectivity index (χ2n) is 6.70. The highest BCUT2D eigenvalue weighted by Gasteiger charge is 2.24. The van der Waals surface area contributed by atoms with Gasteiger partial charge in [-0.2, -0.15) is 9.97 Å². The Balaban J connectivity index is 1.58. The van der Waals surface area contributed by atoms with Gasteiger partial charge in [0, 0.05) is 11.8 Å². The quantitative estimate of drug-likeness (QED) is 0.304. The van der Waals surface area contributed by atoms with E-state index < -0.39 is 21.7 Å². The number of carbonyl (C=O) groups excluding carboxylic acids is 2. The number of benzene rings is 1. The van der Waals surface area contributed by atoms with Gasteiger partial charge in [-0.3, -0.25) is 19.6 Å². The fourth-order valence-corrected chi connectivity index (χ4v) is 4.58. The summed E-state index contributed by atoms with van der Waals surface area (Å²) in [6.07, 6.45) is -0.293. The number of ether oxygens (including phenoxy) is 2. The molecule has 2 unspecified atom stereocenters. The first-order valence-corrected chi connectivity index (χ1v) is 12.0. The van der Waals surface area contributed by atoms with Crippen LogP contribution in [0.25, 0.3) is 0 Å². The minimum atomic E-state index is -3.97. The zero-order valence-electron chi connectivity index (χ0n) is 17.7. The molecule has 1 aliphatic rings. The molecule has 0 saturated carbocycles. The van der Waals surface area contributed by atoms with Gasteiger partial charge in [-0.25, -0.2) is 8.42 Å². The Hall–Kier alpha value is -3.14. The first-order chi connectivity index (χ1) is 15.7. The van der Waals surface area contributed by atoms with Crippen LogP contribution < -0.4 is 35.9 Å². The van der Waals surface area contributed by atoms with Crippen molar-refractivity contribution < 1.29 is 27.5 Å². The number of hydrogen-bond donors (Lipinski definition) is 5. The molecule has 2 aromatic rings. The van der Waals surface area contributed by atoms with E-state index in [1.807, 2.05) is 0 Å². The second-order valence-corrected chi connectivity index (χ2v) is 9.47. The van der Waals surface area contributed by atoms with E-state index in [-0.39, 0.29) is 46.6 Å². The highest BCUT2D eigenvalue weighted by Crippen LogP contribution is 2.21. The Morgan fingerprint density at radius 1 is 1.24 bits per heavy atom. The van der Waals surface area contributed by atoms with E-state index in [1.165, 1.54) is 56.3 Å². The number of aromatic nitrogens is 2. The number of amides is 2. The van der Waals surface area contributed by atoms with Crippen LogP contribution in [0.15, 0.2) is 35.2 Å². The van der Waals surface area contributed by atoms with Gasteiger partial charge in [-0.05, 0) is 24.3 Å². The monoisotopic (exact) mass is 497 g/mol.